The van der Waals surface area contributed by atoms with Crippen molar-refractivity contribution in [3.63, 3.8) is 0 Å². The number of carbonyl (C=O) groups is 2. The molecule has 0 aliphatic rings. The van der Waals surface area contributed by atoms with E-state index in [2.05, 4.69) is 22.1 Å². The largest absolute Gasteiger partial charge is 0.327 e. The number of hydrogen-bond acceptors (Lipinski definition) is 4. The average Bonchev–Trinajstić information content (AvgIpc) is 2.70. The number of benzene rings is 2. The summed E-state index contributed by atoms with van der Waals surface area (Å²) in [6, 6.07) is 20.4. The molecular weight excluding hydrogens is 338 g/mol. The molecule has 1 amide bonds. The summed E-state index contributed by atoms with van der Waals surface area (Å²) in [6.07, 6.45) is 1.56. The lowest BCUT2D eigenvalue weighted by molar-refractivity contribution is 0.101. The quantitative estimate of drug-likeness (QED) is 0.648. The first-order valence-electron chi connectivity index (χ1n) is 8.79. The second-order valence-electron chi connectivity index (χ2n) is 6.08. The highest BCUT2D eigenvalue weighted by molar-refractivity contribution is 6.05. The normalized spacial score (nSPS) is 10.3. The van der Waals surface area contributed by atoms with Gasteiger partial charge in [-0.05, 0) is 50.2 Å². The number of Topliss-reactive ketones (excluding diaryl/α,β-unsaturated/α-hetero) is 1. The van der Waals surface area contributed by atoms with Crippen molar-refractivity contribution in [3.8, 4) is 0 Å². The van der Waals surface area contributed by atoms with Crippen molar-refractivity contribution in [2.45, 2.75) is 13.8 Å². The molecule has 2 aromatic carbocycles. The number of para-hydroxylation sites is 1. The van der Waals surface area contributed by atoms with Crippen LogP contribution in [0.1, 0.15) is 34.6 Å². The number of carbonyl (C=O) groups excluding carboxylic acids is 2. The van der Waals surface area contributed by atoms with Crippen molar-refractivity contribution in [2.24, 2.45) is 0 Å². The maximum atomic E-state index is 12.5. The summed E-state index contributed by atoms with van der Waals surface area (Å²) < 4.78 is 0. The van der Waals surface area contributed by atoms with Crippen molar-refractivity contribution in [3.05, 3.63) is 84.1 Å². The van der Waals surface area contributed by atoms with E-state index in [1.165, 1.54) is 6.92 Å². The Balaban J connectivity index is 1.75. The smallest absolute Gasteiger partial charge is 0.257 e. The van der Waals surface area contributed by atoms with Gasteiger partial charge in [0.25, 0.3) is 5.91 Å². The molecule has 0 bridgehead atoms. The summed E-state index contributed by atoms with van der Waals surface area (Å²) in [6.45, 7) is 4.31. The lowest BCUT2D eigenvalue weighted by atomic mass is 10.1. The highest BCUT2D eigenvalue weighted by atomic mass is 16.1. The van der Waals surface area contributed by atoms with Crippen molar-refractivity contribution >= 4 is 28.9 Å². The number of nitrogens with zero attached hydrogens (tertiary/aromatic N) is 2. The molecule has 0 unspecified atom stereocenters. The van der Waals surface area contributed by atoms with Gasteiger partial charge in [0, 0.05) is 29.7 Å². The van der Waals surface area contributed by atoms with Crippen molar-refractivity contribution in [1.29, 1.82) is 0 Å². The minimum Gasteiger partial charge on any atom is -0.327 e. The van der Waals surface area contributed by atoms with E-state index < -0.39 is 0 Å². The van der Waals surface area contributed by atoms with Gasteiger partial charge in [-0.25, -0.2) is 4.98 Å². The zero-order valence-electron chi connectivity index (χ0n) is 15.3. The van der Waals surface area contributed by atoms with Crippen molar-refractivity contribution in [1.82, 2.24) is 4.98 Å². The van der Waals surface area contributed by atoms with Gasteiger partial charge < -0.3 is 10.2 Å². The topological polar surface area (TPSA) is 62.3 Å². The fourth-order valence-corrected chi connectivity index (χ4v) is 2.78. The lowest BCUT2D eigenvalue weighted by Gasteiger charge is -2.22. The van der Waals surface area contributed by atoms with Crippen LogP contribution >= 0.6 is 0 Å². The number of pyridine rings is 1. The molecule has 0 aliphatic heterocycles. The van der Waals surface area contributed by atoms with Gasteiger partial charge in [0.05, 0.1) is 5.56 Å². The fraction of sp³-hybridized carbons (Fsp3) is 0.136. The molecule has 5 nitrogen and oxygen atoms in total. The number of nitrogens with one attached hydrogen (secondary N) is 1. The summed E-state index contributed by atoms with van der Waals surface area (Å²) in [5, 5.41) is 2.80. The molecule has 0 aliphatic carbocycles. The molecule has 0 spiro atoms. The van der Waals surface area contributed by atoms with E-state index in [4.69, 9.17) is 0 Å². The minimum atomic E-state index is -0.266. The van der Waals surface area contributed by atoms with E-state index in [1.807, 2.05) is 36.4 Å². The second kappa shape index (κ2) is 8.27. The molecule has 5 heteroatoms. The molecule has 0 saturated heterocycles. The van der Waals surface area contributed by atoms with Crippen LogP contribution in [0.3, 0.4) is 0 Å². The number of rotatable bonds is 6. The Morgan fingerprint density at radius 2 is 1.74 bits per heavy atom. The van der Waals surface area contributed by atoms with Gasteiger partial charge >= 0.3 is 0 Å². The van der Waals surface area contributed by atoms with E-state index in [9.17, 15) is 9.59 Å². The molecule has 1 heterocycles. The summed E-state index contributed by atoms with van der Waals surface area (Å²) in [5.74, 6) is 0.467. The van der Waals surface area contributed by atoms with Crippen LogP contribution in [-0.2, 0) is 0 Å². The standard InChI is InChI=1S/C22H21N3O2/c1-3-25(20-10-5-4-6-11-20)21-13-12-18(15-23-21)22(27)24-19-9-7-8-17(14-19)16(2)26/h4-15H,3H2,1-2H3,(H,24,27). The Bertz CT molecular complexity index is 937. The molecule has 27 heavy (non-hydrogen) atoms. The van der Waals surface area contributed by atoms with Gasteiger partial charge in [-0.15, -0.1) is 0 Å². The van der Waals surface area contributed by atoms with Gasteiger partial charge in [0.1, 0.15) is 5.82 Å². The van der Waals surface area contributed by atoms with E-state index in [0.29, 0.717) is 16.8 Å². The molecule has 1 aromatic heterocycles. The Morgan fingerprint density at radius 1 is 0.963 bits per heavy atom. The maximum Gasteiger partial charge on any atom is 0.257 e. The van der Waals surface area contributed by atoms with E-state index in [0.717, 1.165) is 18.1 Å². The number of hydrogen-bond donors (Lipinski definition) is 1. The highest BCUT2D eigenvalue weighted by Gasteiger charge is 2.11. The van der Waals surface area contributed by atoms with E-state index >= 15 is 0 Å². The van der Waals surface area contributed by atoms with Gasteiger partial charge in [-0.3, -0.25) is 9.59 Å². The van der Waals surface area contributed by atoms with E-state index in [1.54, 1.807) is 36.5 Å². The van der Waals surface area contributed by atoms with Crippen LogP contribution in [0, 0.1) is 0 Å². The van der Waals surface area contributed by atoms with Crippen LogP contribution in [0.2, 0.25) is 0 Å². The third-order valence-electron chi connectivity index (χ3n) is 4.20. The highest BCUT2D eigenvalue weighted by Crippen LogP contribution is 2.23. The zero-order valence-corrected chi connectivity index (χ0v) is 15.3. The molecule has 0 saturated carbocycles. The van der Waals surface area contributed by atoms with Gasteiger partial charge in [-0.1, -0.05) is 30.3 Å². The predicted octanol–water partition coefficient (Wildman–Crippen LogP) is 4.69. The molecule has 136 valence electrons. The lowest BCUT2D eigenvalue weighted by Crippen LogP contribution is -2.18. The fourth-order valence-electron chi connectivity index (χ4n) is 2.78. The van der Waals surface area contributed by atoms with Gasteiger partial charge in [0.2, 0.25) is 0 Å². The molecular formula is C22H21N3O2. The number of aromatic nitrogens is 1. The first kappa shape index (κ1) is 18.3. The van der Waals surface area contributed by atoms with E-state index in [-0.39, 0.29) is 11.7 Å². The first-order valence-corrected chi connectivity index (χ1v) is 8.79. The maximum absolute atomic E-state index is 12.5. The molecule has 0 atom stereocenters. The molecule has 3 rings (SSSR count). The Labute approximate surface area is 158 Å². The second-order valence-corrected chi connectivity index (χ2v) is 6.08. The van der Waals surface area contributed by atoms with Crippen LogP contribution in [-0.4, -0.2) is 23.2 Å². The number of amides is 1. The van der Waals surface area contributed by atoms with Crippen LogP contribution in [0.15, 0.2) is 72.9 Å². The summed E-state index contributed by atoms with van der Waals surface area (Å²) in [4.78, 5) is 30.5. The minimum absolute atomic E-state index is 0.0438. The Morgan fingerprint density at radius 3 is 2.37 bits per heavy atom. The molecule has 3 aromatic rings. The number of ketones is 1. The number of anilines is 3. The van der Waals surface area contributed by atoms with Crippen molar-refractivity contribution < 1.29 is 9.59 Å². The van der Waals surface area contributed by atoms with Crippen LogP contribution in [0.5, 0.6) is 0 Å². The third kappa shape index (κ3) is 4.39. The van der Waals surface area contributed by atoms with Gasteiger partial charge in [0.15, 0.2) is 5.78 Å². The van der Waals surface area contributed by atoms with Gasteiger partial charge in [-0.2, -0.15) is 0 Å². The van der Waals surface area contributed by atoms with Crippen LogP contribution < -0.4 is 10.2 Å². The average molecular weight is 359 g/mol. The van der Waals surface area contributed by atoms with Crippen LogP contribution in [0.4, 0.5) is 17.2 Å². The summed E-state index contributed by atoms with van der Waals surface area (Å²) in [5.41, 5.74) is 2.64. The third-order valence-corrected chi connectivity index (χ3v) is 4.20. The summed E-state index contributed by atoms with van der Waals surface area (Å²) in [7, 11) is 0. The zero-order chi connectivity index (χ0) is 19.2. The Kier molecular flexibility index (Phi) is 5.61. The molecule has 1 N–H and O–H groups in total. The predicted molar refractivity (Wildman–Crippen MR) is 108 cm³/mol. The SMILES string of the molecule is CCN(c1ccccc1)c1ccc(C(=O)Nc2cccc(C(C)=O)c2)cn1. The Hall–Kier alpha value is -3.47. The first-order chi connectivity index (χ1) is 13.1. The molecule has 0 radical (unpaired) electrons. The molecule has 0 fully saturated rings. The van der Waals surface area contributed by atoms with Crippen LogP contribution in [0.25, 0.3) is 0 Å². The summed E-state index contributed by atoms with van der Waals surface area (Å²) >= 11 is 0. The van der Waals surface area contributed by atoms with Crippen molar-refractivity contribution in [2.75, 3.05) is 16.8 Å². The monoisotopic (exact) mass is 359 g/mol.